The molecule has 0 unspecified atom stereocenters. The number of hydroxylamine groups is 2. The van der Waals surface area contributed by atoms with Gasteiger partial charge in [-0.3, -0.25) is 4.79 Å². The van der Waals surface area contributed by atoms with E-state index in [1.807, 2.05) is 0 Å². The van der Waals surface area contributed by atoms with E-state index in [1.54, 1.807) is 25.3 Å². The summed E-state index contributed by atoms with van der Waals surface area (Å²) >= 11 is 0. The molecule has 2 N–H and O–H groups in total. The molecule has 0 aliphatic rings. The SMILES string of the molecule is COCCOCCOCCN([O-])CCOc1ccc(C(C)=O)c(N)c1. The summed E-state index contributed by atoms with van der Waals surface area (Å²) in [4.78, 5) is 11.3. The van der Waals surface area contributed by atoms with E-state index in [1.165, 1.54) is 6.92 Å². The highest BCUT2D eigenvalue weighted by Crippen LogP contribution is 2.20. The normalized spacial score (nSPS) is 11.0. The molecule has 0 aromatic heterocycles. The zero-order valence-electron chi connectivity index (χ0n) is 14.9. The molecule has 1 aromatic carbocycles. The van der Waals surface area contributed by atoms with Crippen molar-refractivity contribution in [1.29, 1.82) is 0 Å². The lowest BCUT2D eigenvalue weighted by molar-refractivity contribution is 0.0214. The zero-order chi connectivity index (χ0) is 18.5. The second-order valence-electron chi connectivity index (χ2n) is 5.30. The molecule has 0 fully saturated rings. The molecule has 0 saturated carbocycles. The van der Waals surface area contributed by atoms with Crippen molar-refractivity contribution in [2.45, 2.75) is 6.92 Å². The van der Waals surface area contributed by atoms with Gasteiger partial charge < -0.3 is 35.0 Å². The molecule has 0 bridgehead atoms. The van der Waals surface area contributed by atoms with Gasteiger partial charge in [0.1, 0.15) is 5.75 Å². The molecular weight excluding hydrogens is 328 g/mol. The predicted molar refractivity (Wildman–Crippen MR) is 94.8 cm³/mol. The summed E-state index contributed by atoms with van der Waals surface area (Å²) in [5, 5.41) is 12.5. The van der Waals surface area contributed by atoms with Crippen LogP contribution in [0.3, 0.4) is 0 Å². The van der Waals surface area contributed by atoms with Crippen LogP contribution in [0.5, 0.6) is 5.75 Å². The highest BCUT2D eigenvalue weighted by Gasteiger charge is 2.05. The summed E-state index contributed by atoms with van der Waals surface area (Å²) in [5.74, 6) is 0.430. The van der Waals surface area contributed by atoms with Gasteiger partial charge in [0.25, 0.3) is 0 Å². The molecule has 8 heteroatoms. The fourth-order valence-electron chi connectivity index (χ4n) is 1.96. The lowest BCUT2D eigenvalue weighted by atomic mass is 10.1. The summed E-state index contributed by atoms with van der Waals surface area (Å²) in [6, 6.07) is 4.86. The number of Topliss-reactive ketones (excluding diaryl/α,β-unsaturated/α-hetero) is 1. The third kappa shape index (κ3) is 9.37. The number of ether oxygens (including phenoxy) is 4. The van der Waals surface area contributed by atoms with E-state index in [0.717, 1.165) is 5.06 Å². The fourth-order valence-corrected chi connectivity index (χ4v) is 1.96. The Labute approximate surface area is 148 Å². The Morgan fingerprint density at radius 1 is 1.08 bits per heavy atom. The number of anilines is 1. The van der Waals surface area contributed by atoms with Crippen molar-refractivity contribution in [2.24, 2.45) is 0 Å². The molecule has 0 saturated heterocycles. The van der Waals surface area contributed by atoms with Crippen LogP contribution in [0.4, 0.5) is 5.69 Å². The Morgan fingerprint density at radius 3 is 2.36 bits per heavy atom. The number of methoxy groups -OCH3 is 1. The smallest absolute Gasteiger partial charge is 0.161 e. The number of carbonyl (C=O) groups is 1. The second-order valence-corrected chi connectivity index (χ2v) is 5.30. The average molecular weight is 355 g/mol. The standard InChI is InChI=1S/C17H27N2O6/c1-14(20)16-4-3-15(13-17(16)18)25-8-6-19(21)5-7-23-11-12-24-10-9-22-2/h3-4,13H,5-12,18H2,1-2H3/q-1. The van der Waals surface area contributed by atoms with Crippen molar-refractivity contribution >= 4 is 11.5 Å². The number of benzene rings is 1. The second kappa shape index (κ2) is 12.6. The van der Waals surface area contributed by atoms with E-state index in [9.17, 15) is 10.0 Å². The summed E-state index contributed by atoms with van der Waals surface area (Å²) in [6.07, 6.45) is 0. The number of ketones is 1. The summed E-state index contributed by atoms with van der Waals surface area (Å²) in [5.41, 5.74) is 6.60. The molecule has 0 heterocycles. The van der Waals surface area contributed by atoms with Crippen LogP contribution in [-0.2, 0) is 14.2 Å². The van der Waals surface area contributed by atoms with Gasteiger partial charge in [-0.25, -0.2) is 0 Å². The number of rotatable bonds is 14. The molecule has 0 spiro atoms. The Balaban J connectivity index is 2.09. The van der Waals surface area contributed by atoms with Gasteiger partial charge in [0.2, 0.25) is 0 Å². The Bertz CT molecular complexity index is 512. The highest BCUT2D eigenvalue weighted by molar-refractivity contribution is 5.99. The lowest BCUT2D eigenvalue weighted by Crippen LogP contribution is -2.26. The van der Waals surface area contributed by atoms with Crippen molar-refractivity contribution in [1.82, 2.24) is 5.06 Å². The number of hydrogen-bond acceptors (Lipinski definition) is 8. The van der Waals surface area contributed by atoms with Crippen molar-refractivity contribution < 1.29 is 23.7 Å². The third-order valence-electron chi connectivity index (χ3n) is 3.30. The van der Waals surface area contributed by atoms with Crippen LogP contribution in [0.15, 0.2) is 18.2 Å². The summed E-state index contributed by atoms with van der Waals surface area (Å²) in [7, 11) is 1.61. The molecule has 0 aliphatic heterocycles. The van der Waals surface area contributed by atoms with Gasteiger partial charge in [0, 0.05) is 37.5 Å². The topological polar surface area (TPSA) is 106 Å². The van der Waals surface area contributed by atoms with Crippen molar-refractivity contribution in [3.8, 4) is 5.75 Å². The van der Waals surface area contributed by atoms with Crippen LogP contribution >= 0.6 is 0 Å². The van der Waals surface area contributed by atoms with Gasteiger partial charge in [0.15, 0.2) is 5.78 Å². The van der Waals surface area contributed by atoms with Gasteiger partial charge in [-0.15, -0.1) is 0 Å². The average Bonchev–Trinajstić information content (AvgIpc) is 2.57. The van der Waals surface area contributed by atoms with Gasteiger partial charge in [-0.2, -0.15) is 0 Å². The molecule has 0 amide bonds. The molecule has 0 aliphatic carbocycles. The molecule has 1 rings (SSSR count). The van der Waals surface area contributed by atoms with E-state index < -0.39 is 0 Å². The minimum Gasteiger partial charge on any atom is -0.785 e. The van der Waals surface area contributed by atoms with E-state index in [4.69, 9.17) is 24.7 Å². The molecule has 142 valence electrons. The monoisotopic (exact) mass is 355 g/mol. The minimum absolute atomic E-state index is 0.0983. The molecular formula is C17H27N2O6-. The van der Waals surface area contributed by atoms with Crippen LogP contribution in [0, 0.1) is 5.21 Å². The first-order valence-electron chi connectivity index (χ1n) is 8.14. The van der Waals surface area contributed by atoms with Crippen LogP contribution in [0.1, 0.15) is 17.3 Å². The molecule has 1 aromatic rings. The van der Waals surface area contributed by atoms with Gasteiger partial charge in [-0.05, 0) is 19.1 Å². The first-order valence-corrected chi connectivity index (χ1v) is 8.14. The van der Waals surface area contributed by atoms with Crippen LogP contribution in [-0.4, -0.2) is 70.7 Å². The molecule has 0 atom stereocenters. The molecule has 8 nitrogen and oxygen atoms in total. The highest BCUT2D eigenvalue weighted by atomic mass is 16.5. The molecule has 25 heavy (non-hydrogen) atoms. The summed E-state index contributed by atoms with van der Waals surface area (Å²) < 4.78 is 20.9. The number of nitrogens with zero attached hydrogens (tertiary/aromatic N) is 1. The maximum atomic E-state index is 11.7. The summed E-state index contributed by atoms with van der Waals surface area (Å²) in [6.45, 7) is 4.48. The minimum atomic E-state index is -0.0983. The van der Waals surface area contributed by atoms with E-state index >= 15 is 0 Å². The van der Waals surface area contributed by atoms with Crippen molar-refractivity contribution in [2.75, 3.05) is 65.6 Å². The Hall–Kier alpha value is -1.71. The number of carbonyl (C=O) groups excluding carboxylic acids is 1. The van der Waals surface area contributed by atoms with Crippen LogP contribution in [0.2, 0.25) is 0 Å². The van der Waals surface area contributed by atoms with E-state index in [-0.39, 0.29) is 25.5 Å². The first kappa shape index (κ1) is 21.3. The first-order chi connectivity index (χ1) is 12.0. The quantitative estimate of drug-likeness (QED) is 0.231. The predicted octanol–water partition coefficient (Wildman–Crippen LogP) is 1.33. The molecule has 0 radical (unpaired) electrons. The number of hydrogen-bond donors (Lipinski definition) is 1. The zero-order valence-corrected chi connectivity index (χ0v) is 14.9. The largest absolute Gasteiger partial charge is 0.785 e. The van der Waals surface area contributed by atoms with Crippen LogP contribution in [0.25, 0.3) is 0 Å². The van der Waals surface area contributed by atoms with Crippen LogP contribution < -0.4 is 10.5 Å². The van der Waals surface area contributed by atoms with Gasteiger partial charge >= 0.3 is 0 Å². The fraction of sp³-hybridized carbons (Fsp3) is 0.588. The maximum Gasteiger partial charge on any atom is 0.161 e. The van der Waals surface area contributed by atoms with Crippen molar-refractivity contribution in [3.63, 3.8) is 0 Å². The van der Waals surface area contributed by atoms with E-state index in [2.05, 4.69) is 0 Å². The lowest BCUT2D eigenvalue weighted by Gasteiger charge is -2.27. The maximum absolute atomic E-state index is 11.7. The third-order valence-corrected chi connectivity index (χ3v) is 3.30. The Kier molecular flexibility index (Phi) is 10.8. The van der Waals surface area contributed by atoms with Crippen molar-refractivity contribution in [3.05, 3.63) is 29.0 Å². The van der Waals surface area contributed by atoms with Gasteiger partial charge in [0.05, 0.1) is 39.6 Å². The number of nitrogens with two attached hydrogens (primary N) is 1. The Morgan fingerprint density at radius 2 is 1.72 bits per heavy atom. The number of nitrogen functional groups attached to an aromatic ring is 1. The van der Waals surface area contributed by atoms with E-state index in [0.29, 0.717) is 50.0 Å². The van der Waals surface area contributed by atoms with Gasteiger partial charge in [-0.1, -0.05) is 0 Å².